The first-order valence-electron chi connectivity index (χ1n) is 25.3. The fourth-order valence-corrected chi connectivity index (χ4v) is 13.7. The topological polar surface area (TPSA) is 24.0 Å². The molecule has 0 aliphatic heterocycles. The van der Waals surface area contributed by atoms with Gasteiger partial charge in [-0.15, -0.1) is 11.3 Å². The van der Waals surface area contributed by atoms with Crippen LogP contribution >= 0.6 is 11.3 Å². The maximum Gasteiger partial charge on any atom is 0.140 e. The number of rotatable bonds is 7. The van der Waals surface area contributed by atoms with Crippen molar-refractivity contribution in [2.45, 2.75) is 51.0 Å². The minimum Gasteiger partial charge on any atom is -0.461 e. The first-order chi connectivity index (χ1) is 35.2. The molecule has 3 aliphatic carbocycles. The summed E-state index contributed by atoms with van der Waals surface area (Å²) in [5.41, 5.74) is 18.1. The molecule has 0 amide bonds. The molecule has 0 saturated heterocycles. The smallest absolute Gasteiger partial charge is 0.140 e. The van der Waals surface area contributed by atoms with Crippen LogP contribution in [-0.4, -0.2) is 13.7 Å². The fraction of sp³-hybridized carbons (Fsp3) is 0.121. The lowest BCUT2D eigenvalue weighted by molar-refractivity contribution is 0.319. The Bertz CT molecular complexity index is 4230. The first-order valence-corrected chi connectivity index (χ1v) is 26.1. The lowest BCUT2D eigenvalue weighted by Crippen LogP contribution is -2.16. The van der Waals surface area contributed by atoms with Crippen molar-refractivity contribution in [1.82, 2.24) is 13.7 Å². The van der Waals surface area contributed by atoms with Crippen molar-refractivity contribution in [1.29, 1.82) is 0 Å². The van der Waals surface area contributed by atoms with Gasteiger partial charge in [-0.1, -0.05) is 109 Å². The Morgan fingerprint density at radius 3 is 1.72 bits per heavy atom. The van der Waals surface area contributed by atoms with Crippen LogP contribution < -0.4 is 0 Å². The zero-order valence-electron chi connectivity index (χ0n) is 39.3. The summed E-state index contributed by atoms with van der Waals surface area (Å²) in [5.74, 6) is 2.16. The average Bonchev–Trinajstić information content (AvgIpc) is 4.18. The van der Waals surface area contributed by atoms with E-state index in [1.54, 1.807) is 0 Å². The summed E-state index contributed by atoms with van der Waals surface area (Å²) in [6.45, 7) is 0. The number of hydrogen-bond donors (Lipinski definition) is 0. The zero-order valence-corrected chi connectivity index (χ0v) is 40.1. The average molecular weight is 932 g/mol. The van der Waals surface area contributed by atoms with Gasteiger partial charge in [-0.25, -0.2) is 0 Å². The van der Waals surface area contributed by atoms with Crippen LogP contribution in [0.4, 0.5) is 0 Å². The number of ether oxygens (including phenoxy) is 1. The number of nitrogens with zero attached hydrogens (tertiary/aromatic N) is 3. The molecule has 0 fully saturated rings. The van der Waals surface area contributed by atoms with Gasteiger partial charge in [-0.05, 0) is 169 Å². The third kappa shape index (κ3) is 6.49. The fourth-order valence-electron chi connectivity index (χ4n) is 12.5. The Balaban J connectivity index is 0.843. The molecule has 0 spiro atoms. The van der Waals surface area contributed by atoms with Crippen molar-refractivity contribution in [2.75, 3.05) is 0 Å². The van der Waals surface area contributed by atoms with Gasteiger partial charge in [0, 0.05) is 72.2 Å². The Kier molecular flexibility index (Phi) is 9.31. The van der Waals surface area contributed by atoms with Crippen LogP contribution in [0.2, 0.25) is 0 Å². The summed E-state index contributed by atoms with van der Waals surface area (Å²) in [6.07, 6.45) is 14.2. The van der Waals surface area contributed by atoms with Crippen molar-refractivity contribution in [3.05, 3.63) is 233 Å². The van der Waals surface area contributed by atoms with E-state index in [0.717, 1.165) is 56.5 Å². The predicted octanol–water partition coefficient (Wildman–Crippen LogP) is 17.8. The second kappa shape index (κ2) is 16.2. The molecule has 8 aromatic carbocycles. The van der Waals surface area contributed by atoms with Crippen molar-refractivity contribution in [3.8, 4) is 22.5 Å². The molecule has 71 heavy (non-hydrogen) atoms. The van der Waals surface area contributed by atoms with Crippen LogP contribution in [0.3, 0.4) is 0 Å². The van der Waals surface area contributed by atoms with E-state index in [4.69, 9.17) is 4.74 Å². The molecule has 12 aromatic rings. The molecule has 3 aliphatic rings. The van der Waals surface area contributed by atoms with E-state index in [1.807, 2.05) is 11.3 Å². The third-order valence-corrected chi connectivity index (χ3v) is 17.0. The molecular formula is C66H49N3OS. The Morgan fingerprint density at radius 1 is 0.465 bits per heavy atom. The summed E-state index contributed by atoms with van der Waals surface area (Å²) in [6, 6.07) is 69.9. The number of fused-ring (bicyclic) bond motifs is 12. The van der Waals surface area contributed by atoms with Crippen LogP contribution in [-0.2, 0) is 17.6 Å². The number of aromatic nitrogens is 3. The minimum absolute atomic E-state index is 0.343. The van der Waals surface area contributed by atoms with Gasteiger partial charge >= 0.3 is 0 Å². The number of hydrogen-bond acceptors (Lipinski definition) is 2. The highest BCUT2D eigenvalue weighted by atomic mass is 32.1. The van der Waals surface area contributed by atoms with Gasteiger partial charge in [-0.2, -0.15) is 0 Å². The van der Waals surface area contributed by atoms with E-state index >= 15 is 0 Å². The Morgan fingerprint density at radius 2 is 1.04 bits per heavy atom. The summed E-state index contributed by atoms with van der Waals surface area (Å²) in [7, 11) is 0. The van der Waals surface area contributed by atoms with E-state index in [1.165, 1.54) is 120 Å². The second-order valence-electron chi connectivity index (χ2n) is 19.7. The Hall–Kier alpha value is -8.12. The second-order valence-corrected chi connectivity index (χ2v) is 20.7. The molecule has 0 saturated carbocycles. The number of allylic oxidation sites excluding steroid dienone is 4. The van der Waals surface area contributed by atoms with Crippen LogP contribution in [0.25, 0.3) is 105 Å². The van der Waals surface area contributed by atoms with Gasteiger partial charge in [0.1, 0.15) is 11.5 Å². The van der Waals surface area contributed by atoms with E-state index in [9.17, 15) is 0 Å². The van der Waals surface area contributed by atoms with E-state index in [-0.39, 0.29) is 0 Å². The minimum atomic E-state index is 0.343. The van der Waals surface area contributed by atoms with E-state index in [2.05, 4.69) is 220 Å². The van der Waals surface area contributed by atoms with Gasteiger partial charge in [0.2, 0.25) is 0 Å². The predicted molar refractivity (Wildman–Crippen MR) is 299 cm³/mol. The molecule has 1 unspecified atom stereocenters. The van der Waals surface area contributed by atoms with Gasteiger partial charge in [0.25, 0.3) is 0 Å². The van der Waals surface area contributed by atoms with Crippen LogP contribution in [0, 0.1) is 0 Å². The Labute approximate surface area is 416 Å². The lowest BCUT2D eigenvalue weighted by Gasteiger charge is -2.28. The monoisotopic (exact) mass is 931 g/mol. The molecule has 5 heteroatoms. The molecular weight excluding hydrogens is 883 g/mol. The van der Waals surface area contributed by atoms with Gasteiger partial charge in [-0.3, -0.25) is 0 Å². The summed E-state index contributed by atoms with van der Waals surface area (Å²) in [4.78, 5) is 1.31. The normalized spacial score (nSPS) is 15.9. The van der Waals surface area contributed by atoms with Crippen LogP contribution in [0.15, 0.2) is 206 Å². The van der Waals surface area contributed by atoms with Crippen LogP contribution in [0.1, 0.15) is 65.4 Å². The largest absolute Gasteiger partial charge is 0.461 e. The first kappa shape index (κ1) is 40.7. The highest BCUT2D eigenvalue weighted by molar-refractivity contribution is 7.20. The molecule has 1 atom stereocenters. The van der Waals surface area contributed by atoms with Crippen LogP contribution in [0.5, 0.6) is 0 Å². The molecule has 0 N–H and O–H groups in total. The highest BCUT2D eigenvalue weighted by Gasteiger charge is 2.29. The van der Waals surface area contributed by atoms with Crippen molar-refractivity contribution in [2.24, 2.45) is 0 Å². The quantitative estimate of drug-likeness (QED) is 0.156. The third-order valence-electron chi connectivity index (χ3n) is 15.8. The van der Waals surface area contributed by atoms with Crippen molar-refractivity contribution in [3.63, 3.8) is 0 Å². The number of aryl methyl sites for hydroxylation is 1. The van der Waals surface area contributed by atoms with Gasteiger partial charge in [0.15, 0.2) is 0 Å². The molecule has 0 bridgehead atoms. The highest BCUT2D eigenvalue weighted by Crippen LogP contribution is 2.46. The molecule has 0 radical (unpaired) electrons. The number of benzene rings is 8. The molecule has 15 rings (SSSR count). The van der Waals surface area contributed by atoms with E-state index < -0.39 is 0 Å². The van der Waals surface area contributed by atoms with Gasteiger partial charge < -0.3 is 18.4 Å². The summed E-state index contributed by atoms with van der Waals surface area (Å²) in [5, 5.41) is 7.84. The summed E-state index contributed by atoms with van der Waals surface area (Å²) >= 11 is 1.88. The zero-order chi connectivity index (χ0) is 46.6. The van der Waals surface area contributed by atoms with Crippen molar-refractivity contribution >= 4 is 93.3 Å². The maximum atomic E-state index is 6.86. The number of thiophene rings is 1. The molecule has 4 aromatic heterocycles. The SMILES string of the molecule is C1=C(OC2=CCCc3c2sc2ccccc32)CCC(n2c3c(c4cc(-c5ccc6c(c5)c5ccccc5n6-c5ccccc5)ccc42)C=C(c2ccc4c(c2)c2ccccc2n4-c2ccccc2)CC3)C1. The van der Waals surface area contributed by atoms with Crippen molar-refractivity contribution < 1.29 is 4.74 Å². The van der Waals surface area contributed by atoms with E-state index in [0.29, 0.717) is 6.04 Å². The maximum absolute atomic E-state index is 6.86. The molecule has 4 nitrogen and oxygen atoms in total. The molecule has 340 valence electrons. The number of para-hydroxylation sites is 4. The molecule has 4 heterocycles. The lowest BCUT2D eigenvalue weighted by atomic mass is 9.90. The van der Waals surface area contributed by atoms with Gasteiger partial charge in [0.05, 0.1) is 26.9 Å². The standard InChI is InChI=1S/C66H49N3OS/c1-3-14-46(15-4-1)67-58-22-10-7-18-50(58)54-38-42(26-34-60(54)67)44-28-36-62-56(40-44)57-41-45(43-27-35-61-55(39-43)51-19-8-11-23-59(51)68(61)47-16-5-2-6-17-47)29-37-63(57)69(62)48-30-32-49(33-31-48)70-64-24-13-21-53-52-20-9-12-25-65(52)71-66(53)64/h1-12,14-20,22-28,32,34-36,38-41,48H,13,21,29-31,33,37H2. The summed E-state index contributed by atoms with van der Waals surface area (Å²) < 4.78 is 15.8.